The third-order valence-electron chi connectivity index (χ3n) is 0.301. The fraction of sp³-hybridized carbons (Fsp3) is 0.500. The molecule has 5 heteroatoms. The van der Waals surface area contributed by atoms with Gasteiger partial charge in [0.1, 0.15) is 0 Å². The first kappa shape index (κ1) is 6.03. The van der Waals surface area contributed by atoms with Gasteiger partial charge in [0.05, 0.1) is 6.02 Å². The van der Waals surface area contributed by atoms with E-state index in [-0.39, 0.29) is 0 Å². The zero-order valence-electron chi connectivity index (χ0n) is 3.76. The molecule has 0 radical (unpaired) electrons. The molecule has 42 valence electrons. The van der Waals surface area contributed by atoms with Crippen molar-refractivity contribution in [3.05, 3.63) is 5.21 Å². The third-order valence-corrected chi connectivity index (χ3v) is 0.301. The maximum Gasteiger partial charge on any atom is 0.0630 e. The fourth-order valence-corrected chi connectivity index (χ4v) is 0.124. The smallest absolute Gasteiger partial charge is 0.0630 e. The van der Waals surface area contributed by atoms with Crippen molar-refractivity contribution in [3.63, 3.8) is 0 Å². The molecule has 0 aromatic heterocycles. The average Bonchev–Trinajstić information content (AvgIpc) is 1.68. The average molecular weight is 103 g/mol. The van der Waals surface area contributed by atoms with Gasteiger partial charge in [-0.1, -0.05) is 0 Å². The first-order valence-corrected chi connectivity index (χ1v) is 1.61. The standard InChI is InChI=1S/C2H6N3O2/c1-3-4-2(6)5-7/h3H,1H3,(H2-,4,5,6,7)/q-1/p-1. The molecule has 0 atom stereocenters. The molecule has 0 bridgehead atoms. The molecule has 5 nitrogen and oxygen atoms in total. The van der Waals surface area contributed by atoms with Crippen LogP contribution in [0.15, 0.2) is 5.10 Å². The van der Waals surface area contributed by atoms with Crippen LogP contribution in [0.5, 0.6) is 0 Å². The summed E-state index contributed by atoms with van der Waals surface area (Å²) < 4.78 is 0. The van der Waals surface area contributed by atoms with Crippen LogP contribution in [0.25, 0.3) is 0 Å². The van der Waals surface area contributed by atoms with E-state index in [1.54, 1.807) is 0 Å². The molecular formula is C2H5N3O2-2. The molecule has 0 aromatic carbocycles. The highest BCUT2D eigenvalue weighted by atomic mass is 16.5. The zero-order chi connectivity index (χ0) is 5.70. The number of amidine groups is 1. The highest BCUT2D eigenvalue weighted by Gasteiger charge is 1.60. The monoisotopic (exact) mass is 103 g/mol. The molecule has 0 amide bonds. The number of hydrogen-bond acceptors (Lipinski definition) is 4. The Morgan fingerprint density at radius 1 is 1.71 bits per heavy atom. The van der Waals surface area contributed by atoms with E-state index in [0.717, 1.165) is 5.48 Å². The Hall–Kier alpha value is -0.970. The van der Waals surface area contributed by atoms with Crippen molar-refractivity contribution in [1.29, 1.82) is 0 Å². The molecule has 0 fully saturated rings. The quantitative estimate of drug-likeness (QED) is 0.227. The van der Waals surface area contributed by atoms with E-state index in [0.29, 0.717) is 0 Å². The van der Waals surface area contributed by atoms with Gasteiger partial charge in [-0.15, -0.1) is 0 Å². The van der Waals surface area contributed by atoms with Crippen LogP contribution in [0.2, 0.25) is 0 Å². The van der Waals surface area contributed by atoms with E-state index in [9.17, 15) is 10.3 Å². The number of nitrogens with one attached hydrogen (secondary N) is 2. The number of rotatable bonds is 1. The summed E-state index contributed by atoms with van der Waals surface area (Å²) in [5.41, 5.74) is 3.18. The maximum absolute atomic E-state index is 9.76. The summed E-state index contributed by atoms with van der Waals surface area (Å²) in [4.78, 5) is 0. The van der Waals surface area contributed by atoms with E-state index in [4.69, 9.17) is 0 Å². The Morgan fingerprint density at radius 2 is 2.29 bits per heavy atom. The van der Waals surface area contributed by atoms with Crippen molar-refractivity contribution in [1.82, 2.24) is 10.9 Å². The summed E-state index contributed by atoms with van der Waals surface area (Å²) in [7, 11) is 1.43. The van der Waals surface area contributed by atoms with E-state index in [1.165, 1.54) is 7.05 Å². The summed E-state index contributed by atoms with van der Waals surface area (Å²) in [6, 6.07) is -0.914. The Bertz CT molecular complexity index is 71.3. The van der Waals surface area contributed by atoms with Gasteiger partial charge in [0.15, 0.2) is 0 Å². The van der Waals surface area contributed by atoms with Gasteiger partial charge in [-0.3, -0.25) is 0 Å². The van der Waals surface area contributed by atoms with Crippen molar-refractivity contribution in [2.24, 2.45) is 5.10 Å². The SMILES string of the molecule is CNN=C([O-])N[O-]. The van der Waals surface area contributed by atoms with Gasteiger partial charge in [-0.2, -0.15) is 5.10 Å². The second-order valence-corrected chi connectivity index (χ2v) is 0.743. The summed E-state index contributed by atoms with van der Waals surface area (Å²) >= 11 is 0. The molecule has 0 saturated heterocycles. The van der Waals surface area contributed by atoms with Crippen molar-refractivity contribution in [3.8, 4) is 0 Å². The molecule has 0 aliphatic heterocycles. The number of hydrazone groups is 1. The minimum absolute atomic E-state index is 0.914. The molecule has 0 saturated carbocycles. The van der Waals surface area contributed by atoms with Gasteiger partial charge in [-0.05, 0) is 0 Å². The largest absolute Gasteiger partial charge is 0.845 e. The lowest BCUT2D eigenvalue weighted by Crippen LogP contribution is -2.32. The van der Waals surface area contributed by atoms with Crippen LogP contribution in [-0.2, 0) is 0 Å². The normalized spacial score (nSPS) is 10.9. The van der Waals surface area contributed by atoms with Crippen molar-refractivity contribution in [2.45, 2.75) is 0 Å². The Labute approximate surface area is 40.6 Å². The van der Waals surface area contributed by atoms with E-state index in [2.05, 4.69) is 10.5 Å². The van der Waals surface area contributed by atoms with Crippen molar-refractivity contribution in [2.75, 3.05) is 7.05 Å². The summed E-state index contributed by atoms with van der Waals surface area (Å²) in [6.45, 7) is 0. The van der Waals surface area contributed by atoms with E-state index >= 15 is 0 Å². The molecule has 0 aliphatic carbocycles. The zero-order valence-corrected chi connectivity index (χ0v) is 3.76. The van der Waals surface area contributed by atoms with Gasteiger partial charge < -0.3 is 21.2 Å². The first-order chi connectivity index (χ1) is 3.31. The van der Waals surface area contributed by atoms with Crippen molar-refractivity contribution >= 4 is 6.02 Å². The predicted molar refractivity (Wildman–Crippen MR) is 23.0 cm³/mol. The maximum atomic E-state index is 9.76. The molecule has 0 aliphatic rings. The minimum atomic E-state index is -0.914. The van der Waals surface area contributed by atoms with Gasteiger partial charge in [0.2, 0.25) is 0 Å². The number of hydroxylamine groups is 1. The molecular weight excluding hydrogens is 98.0 g/mol. The van der Waals surface area contributed by atoms with Crippen LogP contribution in [0.1, 0.15) is 0 Å². The van der Waals surface area contributed by atoms with Gasteiger partial charge in [0, 0.05) is 7.05 Å². The lowest BCUT2D eigenvalue weighted by Gasteiger charge is -2.14. The van der Waals surface area contributed by atoms with E-state index < -0.39 is 6.02 Å². The topological polar surface area (TPSA) is 82.5 Å². The molecule has 0 unspecified atom stereocenters. The first-order valence-electron chi connectivity index (χ1n) is 1.61. The molecule has 7 heavy (non-hydrogen) atoms. The summed E-state index contributed by atoms with van der Waals surface area (Å²) in [6.07, 6.45) is 0. The Balaban J connectivity index is 3.29. The number of nitrogens with zero attached hydrogens (tertiary/aromatic N) is 1. The van der Waals surface area contributed by atoms with Crippen LogP contribution in [0, 0.1) is 5.21 Å². The van der Waals surface area contributed by atoms with Crippen LogP contribution in [0.4, 0.5) is 0 Å². The van der Waals surface area contributed by atoms with Gasteiger partial charge >= 0.3 is 0 Å². The molecule has 0 rings (SSSR count). The Kier molecular flexibility index (Phi) is 2.78. The summed E-state index contributed by atoms with van der Waals surface area (Å²) in [5, 5.41) is 22.0. The predicted octanol–water partition coefficient (Wildman–Crippen LogP) is -2.08. The fourth-order valence-electron chi connectivity index (χ4n) is 0.124. The highest BCUT2D eigenvalue weighted by molar-refractivity contribution is 5.68. The highest BCUT2D eigenvalue weighted by Crippen LogP contribution is 1.49. The second-order valence-electron chi connectivity index (χ2n) is 0.743. The molecule has 0 aromatic rings. The van der Waals surface area contributed by atoms with Crippen molar-refractivity contribution < 1.29 is 5.11 Å². The molecule has 2 N–H and O–H groups in total. The lowest BCUT2D eigenvalue weighted by molar-refractivity contribution is -0.221. The lowest BCUT2D eigenvalue weighted by atomic mass is 11.2. The third kappa shape index (κ3) is 2.84. The molecule has 0 spiro atoms. The van der Waals surface area contributed by atoms with Crippen LogP contribution < -0.4 is 16.0 Å². The van der Waals surface area contributed by atoms with E-state index in [1.807, 2.05) is 0 Å². The van der Waals surface area contributed by atoms with Gasteiger partial charge in [0.25, 0.3) is 0 Å². The Morgan fingerprint density at radius 3 is 2.43 bits per heavy atom. The minimum Gasteiger partial charge on any atom is -0.845 e. The van der Waals surface area contributed by atoms with Crippen LogP contribution >= 0.6 is 0 Å². The van der Waals surface area contributed by atoms with Gasteiger partial charge in [-0.25, -0.2) is 0 Å². The summed E-state index contributed by atoms with van der Waals surface area (Å²) in [5.74, 6) is 0. The van der Waals surface area contributed by atoms with Crippen LogP contribution in [0.3, 0.4) is 0 Å². The second kappa shape index (κ2) is 3.23. The molecule has 0 heterocycles. The number of hydrogen-bond donors (Lipinski definition) is 2. The van der Waals surface area contributed by atoms with Crippen LogP contribution in [-0.4, -0.2) is 13.1 Å².